The monoisotopic (exact) mass is 298 g/mol. The number of hydrogen-bond donors (Lipinski definition) is 1. The van der Waals surface area contributed by atoms with Gasteiger partial charge in [0.15, 0.2) is 0 Å². The standard InChI is InChI=1S/C12H12BrFN2O/c1-8(17)10-5-15-16(7-10)6-9-2-11(13)4-12(14)3-9/h2-5,7-8,17H,6H2,1H3. The molecule has 1 unspecified atom stereocenters. The van der Waals surface area contributed by atoms with Crippen molar-refractivity contribution in [2.75, 3.05) is 0 Å². The van der Waals surface area contributed by atoms with Gasteiger partial charge < -0.3 is 5.11 Å². The first kappa shape index (κ1) is 12.3. The largest absolute Gasteiger partial charge is 0.389 e. The van der Waals surface area contributed by atoms with Crippen LogP contribution in [0.2, 0.25) is 0 Å². The number of aromatic nitrogens is 2. The van der Waals surface area contributed by atoms with Crippen LogP contribution in [-0.2, 0) is 6.54 Å². The fourth-order valence-electron chi connectivity index (χ4n) is 1.57. The van der Waals surface area contributed by atoms with E-state index in [1.807, 2.05) is 6.07 Å². The van der Waals surface area contributed by atoms with Crippen molar-refractivity contribution < 1.29 is 9.50 Å². The first-order chi connectivity index (χ1) is 8.04. The molecule has 0 aliphatic carbocycles. The van der Waals surface area contributed by atoms with Gasteiger partial charge in [-0.3, -0.25) is 4.68 Å². The lowest BCUT2D eigenvalue weighted by molar-refractivity contribution is 0.199. The van der Waals surface area contributed by atoms with Crippen molar-refractivity contribution in [3.05, 3.63) is 52.0 Å². The second kappa shape index (κ2) is 4.98. The molecule has 5 heteroatoms. The summed E-state index contributed by atoms with van der Waals surface area (Å²) in [4.78, 5) is 0. The second-order valence-corrected chi connectivity index (χ2v) is 4.84. The average molecular weight is 299 g/mol. The molecule has 0 aliphatic rings. The molecule has 0 saturated carbocycles. The molecule has 0 aliphatic heterocycles. The fourth-order valence-corrected chi connectivity index (χ4v) is 2.08. The molecule has 1 aromatic heterocycles. The molecule has 0 spiro atoms. The van der Waals surface area contributed by atoms with Gasteiger partial charge in [0.05, 0.1) is 18.8 Å². The Bertz CT molecular complexity index is 505. The van der Waals surface area contributed by atoms with Gasteiger partial charge >= 0.3 is 0 Å². The number of rotatable bonds is 3. The van der Waals surface area contributed by atoms with Crippen LogP contribution in [0.15, 0.2) is 35.1 Å². The van der Waals surface area contributed by atoms with Crippen LogP contribution < -0.4 is 0 Å². The van der Waals surface area contributed by atoms with Gasteiger partial charge in [-0.05, 0) is 30.7 Å². The fraction of sp³-hybridized carbons (Fsp3) is 0.250. The van der Waals surface area contributed by atoms with Gasteiger partial charge in [0.25, 0.3) is 0 Å². The van der Waals surface area contributed by atoms with Gasteiger partial charge in [0, 0.05) is 16.2 Å². The summed E-state index contributed by atoms with van der Waals surface area (Å²) in [7, 11) is 0. The number of nitrogens with zero attached hydrogens (tertiary/aromatic N) is 2. The van der Waals surface area contributed by atoms with Crippen molar-refractivity contribution in [1.82, 2.24) is 9.78 Å². The third kappa shape index (κ3) is 3.14. The minimum atomic E-state index is -0.539. The first-order valence-corrected chi connectivity index (χ1v) is 5.99. The predicted octanol–water partition coefficient (Wildman–Crippen LogP) is 2.89. The lowest BCUT2D eigenvalue weighted by Crippen LogP contribution is -2.00. The van der Waals surface area contributed by atoms with E-state index in [1.54, 1.807) is 24.0 Å². The molecule has 0 radical (unpaired) electrons. The average Bonchev–Trinajstić information content (AvgIpc) is 2.64. The molecule has 0 bridgehead atoms. The summed E-state index contributed by atoms with van der Waals surface area (Å²) in [5.41, 5.74) is 1.57. The van der Waals surface area contributed by atoms with Crippen molar-refractivity contribution in [3.63, 3.8) is 0 Å². The van der Waals surface area contributed by atoms with Crippen molar-refractivity contribution in [2.24, 2.45) is 0 Å². The number of aliphatic hydroxyl groups is 1. The summed E-state index contributed by atoms with van der Waals surface area (Å²) < 4.78 is 15.5. The molecule has 1 aromatic carbocycles. The van der Waals surface area contributed by atoms with E-state index in [9.17, 15) is 9.50 Å². The Balaban J connectivity index is 2.19. The summed E-state index contributed by atoms with van der Waals surface area (Å²) in [6.07, 6.45) is 2.82. The molecule has 1 atom stereocenters. The second-order valence-electron chi connectivity index (χ2n) is 3.92. The molecule has 1 heterocycles. The maximum atomic E-state index is 13.2. The summed E-state index contributed by atoms with van der Waals surface area (Å²) in [5.74, 6) is -0.280. The Morgan fingerprint density at radius 3 is 2.82 bits per heavy atom. The van der Waals surface area contributed by atoms with E-state index < -0.39 is 6.10 Å². The van der Waals surface area contributed by atoms with Gasteiger partial charge in [-0.2, -0.15) is 5.10 Å². The predicted molar refractivity (Wildman–Crippen MR) is 66.1 cm³/mol. The zero-order chi connectivity index (χ0) is 12.4. The highest BCUT2D eigenvalue weighted by Gasteiger charge is 2.05. The van der Waals surface area contributed by atoms with E-state index in [-0.39, 0.29) is 5.82 Å². The van der Waals surface area contributed by atoms with E-state index in [2.05, 4.69) is 21.0 Å². The van der Waals surface area contributed by atoms with Gasteiger partial charge in [-0.1, -0.05) is 15.9 Å². The van der Waals surface area contributed by atoms with Crippen molar-refractivity contribution >= 4 is 15.9 Å². The number of halogens is 2. The molecular formula is C12H12BrFN2O. The smallest absolute Gasteiger partial charge is 0.124 e. The van der Waals surface area contributed by atoms with E-state index >= 15 is 0 Å². The highest BCUT2D eigenvalue weighted by molar-refractivity contribution is 9.10. The first-order valence-electron chi connectivity index (χ1n) is 5.20. The van der Waals surface area contributed by atoms with Gasteiger partial charge in [0.2, 0.25) is 0 Å². The Morgan fingerprint density at radius 1 is 1.47 bits per heavy atom. The van der Waals surface area contributed by atoms with Crippen LogP contribution in [0.3, 0.4) is 0 Å². The summed E-state index contributed by atoms with van der Waals surface area (Å²) in [5, 5.41) is 13.5. The topological polar surface area (TPSA) is 38.1 Å². The third-order valence-electron chi connectivity index (χ3n) is 2.40. The molecule has 3 nitrogen and oxygen atoms in total. The Kier molecular flexibility index (Phi) is 3.59. The number of hydrogen-bond acceptors (Lipinski definition) is 2. The zero-order valence-corrected chi connectivity index (χ0v) is 10.9. The Morgan fingerprint density at radius 2 is 2.24 bits per heavy atom. The minimum Gasteiger partial charge on any atom is -0.389 e. The molecular weight excluding hydrogens is 287 g/mol. The quantitative estimate of drug-likeness (QED) is 0.946. The molecule has 2 rings (SSSR count). The molecule has 90 valence electrons. The Hall–Kier alpha value is -1.20. The lowest BCUT2D eigenvalue weighted by Gasteiger charge is -2.03. The molecule has 2 aromatic rings. The minimum absolute atomic E-state index is 0.280. The van der Waals surface area contributed by atoms with Crippen LogP contribution >= 0.6 is 15.9 Å². The van der Waals surface area contributed by atoms with Crippen molar-refractivity contribution in [3.8, 4) is 0 Å². The summed E-state index contributed by atoms with van der Waals surface area (Å²) in [6.45, 7) is 2.16. The van der Waals surface area contributed by atoms with Gasteiger partial charge in [0.1, 0.15) is 5.82 Å². The maximum absolute atomic E-state index is 13.2. The van der Waals surface area contributed by atoms with E-state index in [1.165, 1.54) is 12.1 Å². The maximum Gasteiger partial charge on any atom is 0.124 e. The van der Waals surface area contributed by atoms with Crippen LogP contribution in [0.5, 0.6) is 0 Å². The number of benzene rings is 1. The van der Waals surface area contributed by atoms with Crippen LogP contribution in [0, 0.1) is 5.82 Å². The van der Waals surface area contributed by atoms with Crippen LogP contribution in [0.4, 0.5) is 4.39 Å². The van der Waals surface area contributed by atoms with E-state index in [0.717, 1.165) is 11.1 Å². The molecule has 17 heavy (non-hydrogen) atoms. The zero-order valence-electron chi connectivity index (χ0n) is 9.27. The van der Waals surface area contributed by atoms with Gasteiger partial charge in [-0.15, -0.1) is 0 Å². The number of aliphatic hydroxyl groups excluding tert-OH is 1. The molecule has 0 saturated heterocycles. The molecule has 1 N–H and O–H groups in total. The van der Waals surface area contributed by atoms with Crippen molar-refractivity contribution in [1.29, 1.82) is 0 Å². The van der Waals surface area contributed by atoms with Crippen LogP contribution in [0.25, 0.3) is 0 Å². The Labute approximate surface area is 107 Å². The van der Waals surface area contributed by atoms with Crippen LogP contribution in [0.1, 0.15) is 24.2 Å². The summed E-state index contributed by atoms with van der Waals surface area (Å²) >= 11 is 3.25. The third-order valence-corrected chi connectivity index (χ3v) is 2.86. The molecule has 0 amide bonds. The lowest BCUT2D eigenvalue weighted by atomic mass is 10.2. The highest BCUT2D eigenvalue weighted by atomic mass is 79.9. The normalized spacial score (nSPS) is 12.7. The van der Waals surface area contributed by atoms with Gasteiger partial charge in [-0.25, -0.2) is 4.39 Å². The highest BCUT2D eigenvalue weighted by Crippen LogP contribution is 2.16. The van der Waals surface area contributed by atoms with E-state index in [0.29, 0.717) is 11.0 Å². The summed E-state index contributed by atoms with van der Waals surface area (Å²) in [6, 6.07) is 4.72. The van der Waals surface area contributed by atoms with Crippen molar-refractivity contribution in [2.45, 2.75) is 19.6 Å². The van der Waals surface area contributed by atoms with Crippen LogP contribution in [-0.4, -0.2) is 14.9 Å². The SMILES string of the molecule is CC(O)c1cnn(Cc2cc(F)cc(Br)c2)c1. The molecule has 0 fully saturated rings. The van der Waals surface area contributed by atoms with E-state index in [4.69, 9.17) is 0 Å².